The van der Waals surface area contributed by atoms with E-state index in [1.165, 1.54) is 19.3 Å². The maximum absolute atomic E-state index is 12.7. The molecule has 1 aromatic heterocycles. The van der Waals surface area contributed by atoms with E-state index in [2.05, 4.69) is 25.1 Å². The summed E-state index contributed by atoms with van der Waals surface area (Å²) in [5, 5.41) is 3.14. The van der Waals surface area contributed by atoms with Crippen molar-refractivity contribution in [3.63, 3.8) is 0 Å². The Morgan fingerprint density at radius 2 is 1.96 bits per heavy atom. The second-order valence-corrected chi connectivity index (χ2v) is 7.84. The molecule has 6 nitrogen and oxygen atoms in total. The number of hydrogen-bond donors (Lipinski definition) is 1. The molecule has 0 unspecified atom stereocenters. The molecule has 4 aliphatic rings. The highest BCUT2D eigenvalue weighted by atomic mass is 16.2. The molecule has 4 fully saturated rings. The highest BCUT2D eigenvalue weighted by molar-refractivity contribution is 5.79. The maximum Gasteiger partial charge on any atom is 0.225 e. The van der Waals surface area contributed by atoms with Gasteiger partial charge in [-0.2, -0.15) is 0 Å². The number of anilines is 1. The van der Waals surface area contributed by atoms with Crippen molar-refractivity contribution in [2.75, 3.05) is 31.5 Å². The molecule has 1 aliphatic carbocycles. The fourth-order valence-corrected chi connectivity index (χ4v) is 4.39. The van der Waals surface area contributed by atoms with Gasteiger partial charge in [0.25, 0.3) is 0 Å². The molecular formula is C19H29N5O. The van der Waals surface area contributed by atoms with Crippen molar-refractivity contribution < 1.29 is 4.79 Å². The Labute approximate surface area is 150 Å². The lowest BCUT2D eigenvalue weighted by Gasteiger charge is -2.36. The van der Waals surface area contributed by atoms with Crippen molar-refractivity contribution in [1.29, 1.82) is 0 Å². The van der Waals surface area contributed by atoms with Gasteiger partial charge in [0.05, 0.1) is 0 Å². The maximum atomic E-state index is 12.7. The van der Waals surface area contributed by atoms with Gasteiger partial charge in [-0.15, -0.1) is 0 Å². The zero-order valence-corrected chi connectivity index (χ0v) is 15.2. The Morgan fingerprint density at radius 1 is 1.16 bits per heavy atom. The third-order valence-corrected chi connectivity index (χ3v) is 6.02. The molecule has 1 saturated carbocycles. The van der Waals surface area contributed by atoms with Crippen LogP contribution < -0.4 is 5.32 Å². The fourth-order valence-electron chi connectivity index (χ4n) is 4.39. The number of nitrogens with zero attached hydrogens (tertiary/aromatic N) is 4. The monoisotopic (exact) mass is 343 g/mol. The van der Waals surface area contributed by atoms with Gasteiger partial charge in [-0.3, -0.25) is 9.69 Å². The van der Waals surface area contributed by atoms with Crippen LogP contribution in [0.5, 0.6) is 0 Å². The van der Waals surface area contributed by atoms with Crippen LogP contribution >= 0.6 is 0 Å². The number of carbonyl (C=O) groups excluding carboxylic acids is 1. The molecule has 1 N–H and O–H groups in total. The van der Waals surface area contributed by atoms with Crippen LogP contribution in [0.4, 0.5) is 5.95 Å². The molecular weight excluding hydrogens is 314 g/mol. The van der Waals surface area contributed by atoms with Crippen molar-refractivity contribution in [3.05, 3.63) is 18.0 Å². The molecule has 4 heterocycles. The van der Waals surface area contributed by atoms with E-state index in [4.69, 9.17) is 0 Å². The first-order valence-corrected chi connectivity index (χ1v) is 9.80. The van der Waals surface area contributed by atoms with Gasteiger partial charge in [-0.05, 0) is 38.5 Å². The van der Waals surface area contributed by atoms with Gasteiger partial charge >= 0.3 is 0 Å². The number of fused-ring (bicyclic) bond motifs is 4. The van der Waals surface area contributed by atoms with Crippen molar-refractivity contribution in [2.45, 2.75) is 51.6 Å². The first kappa shape index (κ1) is 16.8. The summed E-state index contributed by atoms with van der Waals surface area (Å²) in [6.07, 6.45) is 9.75. The summed E-state index contributed by atoms with van der Waals surface area (Å²) in [5.74, 6) is 2.05. The summed E-state index contributed by atoms with van der Waals surface area (Å²) in [6.45, 7) is 6.72. The van der Waals surface area contributed by atoms with E-state index < -0.39 is 0 Å². The molecule has 6 heteroatoms. The molecule has 2 atom stereocenters. The molecule has 1 aromatic rings. The highest BCUT2D eigenvalue weighted by Gasteiger charge is 2.39. The van der Waals surface area contributed by atoms with Crippen molar-refractivity contribution in [2.24, 2.45) is 11.8 Å². The molecule has 5 rings (SSSR count). The summed E-state index contributed by atoms with van der Waals surface area (Å²) in [6, 6.07) is 0.483. The first-order chi connectivity index (χ1) is 12.2. The number of rotatable bonds is 5. The zero-order valence-electron chi connectivity index (χ0n) is 15.2. The second kappa shape index (κ2) is 7.28. The lowest BCUT2D eigenvalue weighted by atomic mass is 9.84. The summed E-state index contributed by atoms with van der Waals surface area (Å²) in [5.41, 5.74) is 1.16. The van der Waals surface area contributed by atoms with Crippen LogP contribution in [0.3, 0.4) is 0 Å². The van der Waals surface area contributed by atoms with E-state index in [9.17, 15) is 4.79 Å². The van der Waals surface area contributed by atoms with E-state index in [0.29, 0.717) is 29.7 Å². The molecule has 136 valence electrons. The molecule has 0 radical (unpaired) electrons. The SMILES string of the molecule is CCNc1ncc(CN2C[C@H]3CC[C@@H]2CN(C(=O)C2CCC2)C3)cn1. The topological polar surface area (TPSA) is 61.4 Å². The number of amides is 1. The first-order valence-electron chi connectivity index (χ1n) is 9.80. The molecule has 0 spiro atoms. The minimum absolute atomic E-state index is 0.318. The van der Waals surface area contributed by atoms with Crippen molar-refractivity contribution in [1.82, 2.24) is 19.8 Å². The number of piperidine rings is 1. The predicted molar refractivity (Wildman–Crippen MR) is 97.0 cm³/mol. The van der Waals surface area contributed by atoms with Gasteiger partial charge in [-0.25, -0.2) is 9.97 Å². The van der Waals surface area contributed by atoms with Crippen LogP contribution in [0, 0.1) is 11.8 Å². The number of hydrogen-bond acceptors (Lipinski definition) is 5. The fraction of sp³-hybridized carbons (Fsp3) is 0.737. The molecule has 0 aromatic carbocycles. The van der Waals surface area contributed by atoms with Crippen LogP contribution in [-0.2, 0) is 11.3 Å². The molecule has 25 heavy (non-hydrogen) atoms. The molecule has 2 bridgehead atoms. The van der Waals surface area contributed by atoms with Crippen LogP contribution in [0.25, 0.3) is 0 Å². The van der Waals surface area contributed by atoms with Gasteiger partial charge in [0.15, 0.2) is 0 Å². The van der Waals surface area contributed by atoms with Gasteiger partial charge in [0.2, 0.25) is 11.9 Å². The van der Waals surface area contributed by atoms with Crippen molar-refractivity contribution in [3.8, 4) is 0 Å². The van der Waals surface area contributed by atoms with Gasteiger partial charge in [-0.1, -0.05) is 6.42 Å². The molecule has 3 saturated heterocycles. The largest absolute Gasteiger partial charge is 0.355 e. The van der Waals surface area contributed by atoms with E-state index >= 15 is 0 Å². The summed E-state index contributed by atoms with van der Waals surface area (Å²) < 4.78 is 0. The third-order valence-electron chi connectivity index (χ3n) is 6.02. The highest BCUT2D eigenvalue weighted by Crippen LogP contribution is 2.33. The van der Waals surface area contributed by atoms with Crippen LogP contribution in [-0.4, -0.2) is 57.9 Å². The Balaban J connectivity index is 1.40. The van der Waals surface area contributed by atoms with Gasteiger partial charge < -0.3 is 10.2 Å². The summed E-state index contributed by atoms with van der Waals surface area (Å²) >= 11 is 0. The number of aromatic nitrogens is 2. The van der Waals surface area contributed by atoms with E-state index in [-0.39, 0.29) is 0 Å². The Bertz CT molecular complexity index is 600. The van der Waals surface area contributed by atoms with E-state index in [1.54, 1.807) is 0 Å². The second-order valence-electron chi connectivity index (χ2n) is 7.84. The molecule has 1 amide bonds. The minimum atomic E-state index is 0.318. The third kappa shape index (κ3) is 3.64. The lowest BCUT2D eigenvalue weighted by molar-refractivity contribution is -0.138. The van der Waals surface area contributed by atoms with Crippen LogP contribution in [0.1, 0.15) is 44.6 Å². The van der Waals surface area contributed by atoms with Crippen LogP contribution in [0.2, 0.25) is 0 Å². The minimum Gasteiger partial charge on any atom is -0.355 e. The standard InChI is InChI=1S/C19H29N5O/c1-2-20-19-21-8-15(9-22-19)12-23-10-14-6-7-17(23)13-24(11-14)18(25)16-4-3-5-16/h8-9,14,16-17H,2-7,10-13H2,1H3,(H,20,21,22)/t14-,17-/m1/s1. The van der Waals surface area contributed by atoms with Crippen LogP contribution in [0.15, 0.2) is 12.4 Å². The predicted octanol–water partition coefficient (Wildman–Crippen LogP) is 2.13. The lowest BCUT2D eigenvalue weighted by Crippen LogP contribution is -2.45. The normalized spacial score (nSPS) is 27.0. The summed E-state index contributed by atoms with van der Waals surface area (Å²) in [4.78, 5) is 26.2. The van der Waals surface area contributed by atoms with Gasteiger partial charge in [0.1, 0.15) is 0 Å². The molecule has 3 aliphatic heterocycles. The smallest absolute Gasteiger partial charge is 0.225 e. The summed E-state index contributed by atoms with van der Waals surface area (Å²) in [7, 11) is 0. The van der Waals surface area contributed by atoms with Crippen molar-refractivity contribution >= 4 is 11.9 Å². The Kier molecular flexibility index (Phi) is 4.88. The van der Waals surface area contributed by atoms with E-state index in [1.807, 2.05) is 19.3 Å². The average Bonchev–Trinajstić information content (AvgIpc) is 2.87. The van der Waals surface area contributed by atoms with E-state index in [0.717, 1.165) is 51.1 Å². The zero-order chi connectivity index (χ0) is 17.2. The number of nitrogens with one attached hydrogen (secondary N) is 1. The Hall–Kier alpha value is -1.69. The van der Waals surface area contributed by atoms with Gasteiger partial charge in [0, 0.05) is 62.6 Å². The number of carbonyl (C=O) groups is 1. The Morgan fingerprint density at radius 3 is 2.64 bits per heavy atom. The quantitative estimate of drug-likeness (QED) is 0.887. The average molecular weight is 343 g/mol.